The summed E-state index contributed by atoms with van der Waals surface area (Å²) >= 11 is 0. The Morgan fingerprint density at radius 3 is 2.52 bits per heavy atom. The molecule has 7 heteroatoms. The van der Waals surface area contributed by atoms with Gasteiger partial charge in [-0.15, -0.1) is 0 Å². The highest BCUT2D eigenvalue weighted by molar-refractivity contribution is 6.10. The maximum atomic E-state index is 14.3. The highest BCUT2D eigenvalue weighted by Gasteiger charge is 2.57. The zero-order chi connectivity index (χ0) is 35.7. The molecule has 270 valence electrons. The molecule has 3 N–H and O–H groups in total. The second-order valence-corrected chi connectivity index (χ2v) is 14.9. The number of methoxy groups -OCH3 is 1. The van der Waals surface area contributed by atoms with Crippen molar-refractivity contribution in [1.82, 2.24) is 4.90 Å². The van der Waals surface area contributed by atoms with Crippen LogP contribution in [0.5, 0.6) is 5.75 Å². The van der Waals surface area contributed by atoms with Crippen LogP contribution in [0.3, 0.4) is 0 Å². The molecule has 0 unspecified atom stereocenters. The lowest BCUT2D eigenvalue weighted by Crippen LogP contribution is -2.54. The van der Waals surface area contributed by atoms with E-state index >= 15 is 0 Å². The minimum absolute atomic E-state index is 0.0640. The van der Waals surface area contributed by atoms with E-state index in [1.54, 1.807) is 19.2 Å². The molecule has 3 aliphatic carbocycles. The fourth-order valence-corrected chi connectivity index (χ4v) is 8.25. The van der Waals surface area contributed by atoms with E-state index in [-0.39, 0.29) is 18.3 Å². The van der Waals surface area contributed by atoms with Crippen molar-refractivity contribution < 1.29 is 29.6 Å². The Labute approximate surface area is 298 Å². The molecule has 2 bridgehead atoms. The number of carbonyl (C=O) groups is 1. The Hall–Kier alpha value is -3.33. The van der Waals surface area contributed by atoms with Crippen LogP contribution in [0, 0.1) is 5.41 Å². The Bertz CT molecular complexity index is 1570. The lowest BCUT2D eigenvalue weighted by Gasteiger charge is -2.46. The van der Waals surface area contributed by atoms with Crippen LogP contribution < -0.4 is 4.74 Å². The summed E-state index contributed by atoms with van der Waals surface area (Å²) in [5, 5.41) is 34.8. The number of benzene rings is 3. The van der Waals surface area contributed by atoms with Gasteiger partial charge in [0.2, 0.25) is 0 Å². The molecular weight excluding hydrogens is 626 g/mol. The summed E-state index contributed by atoms with van der Waals surface area (Å²) < 4.78 is 11.2. The van der Waals surface area contributed by atoms with Gasteiger partial charge in [-0.1, -0.05) is 68.0 Å². The van der Waals surface area contributed by atoms with Crippen LogP contribution in [0.1, 0.15) is 104 Å². The van der Waals surface area contributed by atoms with Crippen molar-refractivity contribution in [2.45, 2.75) is 102 Å². The lowest BCUT2D eigenvalue weighted by molar-refractivity contribution is -0.0906. The third-order valence-electron chi connectivity index (χ3n) is 11.2. The van der Waals surface area contributed by atoms with Crippen molar-refractivity contribution in [2.75, 3.05) is 33.4 Å². The molecule has 0 amide bonds. The highest BCUT2D eigenvalue weighted by atomic mass is 16.5. The molecule has 0 radical (unpaired) electrons. The number of fused-ring (bicyclic) bond motifs is 8. The summed E-state index contributed by atoms with van der Waals surface area (Å²) in [6.07, 6.45) is 6.77. The summed E-state index contributed by atoms with van der Waals surface area (Å²) in [4.78, 5) is 16.5. The molecule has 3 aliphatic rings. The van der Waals surface area contributed by atoms with E-state index in [2.05, 4.69) is 43.9 Å². The highest BCUT2D eigenvalue weighted by Crippen LogP contribution is 2.59. The molecule has 0 aliphatic heterocycles. The molecule has 50 heavy (non-hydrogen) atoms. The number of hydrogen-bond acceptors (Lipinski definition) is 7. The van der Waals surface area contributed by atoms with Crippen LogP contribution in [0.4, 0.5) is 0 Å². The fourth-order valence-electron chi connectivity index (χ4n) is 8.25. The van der Waals surface area contributed by atoms with Crippen LogP contribution in [-0.2, 0) is 17.8 Å². The van der Waals surface area contributed by atoms with Crippen LogP contribution >= 0.6 is 0 Å². The number of nitrogens with zero attached hydrogens (tertiary/aromatic N) is 1. The SMILES string of the molecule is CCCN(C[C@@H](O)COCc1ccccc1)C[C@]1(O)CC[C@H]2c3ccc(cc3C(=O)c3ccc(OC)cc3)C[C@@H](O)CCC(C)=CCC[C@@]21C. The zero-order valence-corrected chi connectivity index (χ0v) is 30.4. The number of allylic oxidation sites excluding steroid dienone is 2. The standard InChI is InChI=1S/C43H57NO6/c1-5-24-44(27-36(46)29-50-28-32-11-7-6-8-12-32)30-43(48)23-21-40-38-20-14-33(25-35(45)17-13-31(2)10-9-22-42(40,43)3)26-39(38)41(47)34-15-18-37(49-4)19-16-34/h6-8,10-12,14-16,18-20,26,35-36,40,45-46,48H,5,9,13,17,21-25,27-30H2,1-4H3/t35-,36+,40-,42-,43+/m0/s1. The van der Waals surface area contributed by atoms with E-state index in [0.29, 0.717) is 55.8 Å². The zero-order valence-electron chi connectivity index (χ0n) is 30.4. The number of hydrogen-bond donors (Lipinski definition) is 3. The second-order valence-electron chi connectivity index (χ2n) is 14.9. The smallest absolute Gasteiger partial charge is 0.193 e. The second kappa shape index (κ2) is 17.3. The molecule has 0 heterocycles. The van der Waals surface area contributed by atoms with Crippen molar-refractivity contribution in [3.63, 3.8) is 0 Å². The maximum Gasteiger partial charge on any atom is 0.193 e. The summed E-state index contributed by atoms with van der Waals surface area (Å²) in [7, 11) is 1.61. The average molecular weight is 684 g/mol. The number of aliphatic hydroxyl groups is 3. The number of aliphatic hydroxyl groups excluding tert-OH is 2. The van der Waals surface area contributed by atoms with Crippen LogP contribution in [0.25, 0.3) is 0 Å². The molecule has 0 aromatic heterocycles. The van der Waals surface area contributed by atoms with Crippen molar-refractivity contribution in [3.05, 3.63) is 112 Å². The van der Waals surface area contributed by atoms with Crippen molar-refractivity contribution in [1.29, 1.82) is 0 Å². The van der Waals surface area contributed by atoms with Crippen molar-refractivity contribution in [2.24, 2.45) is 5.41 Å². The summed E-state index contributed by atoms with van der Waals surface area (Å²) in [5.41, 5.74) is 3.82. The largest absolute Gasteiger partial charge is 0.497 e. The van der Waals surface area contributed by atoms with Crippen LogP contribution in [0.2, 0.25) is 0 Å². The summed E-state index contributed by atoms with van der Waals surface area (Å²) in [6.45, 7) is 8.70. The molecule has 3 aromatic carbocycles. The number of ketones is 1. The minimum atomic E-state index is -1.05. The lowest BCUT2D eigenvalue weighted by atomic mass is 9.64. The average Bonchev–Trinajstić information content (AvgIpc) is 3.36. The van der Waals surface area contributed by atoms with Crippen molar-refractivity contribution in [3.8, 4) is 5.75 Å². The van der Waals surface area contributed by atoms with Gasteiger partial charge in [0, 0.05) is 29.6 Å². The van der Waals surface area contributed by atoms with E-state index in [9.17, 15) is 20.1 Å². The van der Waals surface area contributed by atoms with Gasteiger partial charge in [-0.05, 0) is 118 Å². The normalized spacial score (nSPS) is 24.8. The van der Waals surface area contributed by atoms with Gasteiger partial charge in [-0.2, -0.15) is 0 Å². The van der Waals surface area contributed by atoms with E-state index in [1.807, 2.05) is 48.5 Å². The third-order valence-corrected chi connectivity index (χ3v) is 11.2. The quantitative estimate of drug-likeness (QED) is 0.129. The number of ether oxygens (including phenoxy) is 2. The predicted octanol–water partition coefficient (Wildman–Crippen LogP) is 7.25. The van der Waals surface area contributed by atoms with Gasteiger partial charge in [0.15, 0.2) is 5.78 Å². The molecule has 5 atom stereocenters. The van der Waals surface area contributed by atoms with E-state index < -0.39 is 23.2 Å². The molecular formula is C43H57NO6. The summed E-state index contributed by atoms with van der Waals surface area (Å²) in [5.74, 6) is 0.558. The van der Waals surface area contributed by atoms with Gasteiger partial charge < -0.3 is 24.8 Å². The maximum absolute atomic E-state index is 14.3. The van der Waals surface area contributed by atoms with E-state index in [0.717, 1.165) is 55.3 Å². The first-order valence-electron chi connectivity index (χ1n) is 18.4. The van der Waals surface area contributed by atoms with Gasteiger partial charge in [0.1, 0.15) is 5.75 Å². The molecule has 1 fully saturated rings. The fraction of sp³-hybridized carbons (Fsp3) is 0.512. The van der Waals surface area contributed by atoms with Crippen LogP contribution in [0.15, 0.2) is 84.4 Å². The van der Waals surface area contributed by atoms with Gasteiger partial charge in [0.05, 0.1) is 38.1 Å². The molecule has 6 rings (SSSR count). The molecule has 1 saturated carbocycles. The number of rotatable bonds is 13. The Morgan fingerprint density at radius 1 is 1.04 bits per heavy atom. The Morgan fingerprint density at radius 2 is 1.80 bits per heavy atom. The molecule has 0 spiro atoms. The molecule has 3 aromatic rings. The van der Waals surface area contributed by atoms with Crippen molar-refractivity contribution >= 4 is 5.78 Å². The summed E-state index contributed by atoms with van der Waals surface area (Å²) in [6, 6.07) is 23.3. The Kier molecular flexibility index (Phi) is 13.1. The number of carbonyl (C=O) groups excluding carboxylic acids is 1. The van der Waals surface area contributed by atoms with Crippen LogP contribution in [-0.4, -0.2) is 77.2 Å². The predicted molar refractivity (Wildman–Crippen MR) is 199 cm³/mol. The topological polar surface area (TPSA) is 99.5 Å². The van der Waals surface area contributed by atoms with Gasteiger partial charge in [-0.25, -0.2) is 0 Å². The monoisotopic (exact) mass is 683 g/mol. The molecule has 7 nitrogen and oxygen atoms in total. The minimum Gasteiger partial charge on any atom is -0.497 e. The first-order chi connectivity index (χ1) is 24.0. The van der Waals surface area contributed by atoms with E-state index in [1.165, 1.54) is 5.57 Å². The van der Waals surface area contributed by atoms with E-state index in [4.69, 9.17) is 9.47 Å². The van der Waals surface area contributed by atoms with Gasteiger partial charge >= 0.3 is 0 Å². The first-order valence-corrected chi connectivity index (χ1v) is 18.4. The third kappa shape index (κ3) is 9.12. The van der Waals surface area contributed by atoms with Gasteiger partial charge in [0.25, 0.3) is 0 Å². The van der Waals surface area contributed by atoms with Gasteiger partial charge in [-0.3, -0.25) is 9.69 Å². The molecule has 0 saturated heterocycles. The Balaban J connectivity index is 1.45. The first kappa shape index (κ1) is 37.9.